The number of rotatable bonds is 8. The van der Waals surface area contributed by atoms with Gasteiger partial charge < -0.3 is 10.1 Å². The van der Waals surface area contributed by atoms with Crippen LogP contribution in [0.15, 0.2) is 23.1 Å². The lowest BCUT2D eigenvalue weighted by molar-refractivity contribution is 0.204. The second kappa shape index (κ2) is 7.59. The Morgan fingerprint density at radius 3 is 2.68 bits per heavy atom. The summed E-state index contributed by atoms with van der Waals surface area (Å²) in [7, 11) is -1.93. The minimum absolute atomic E-state index is 0.274. The first-order valence-electron chi connectivity index (χ1n) is 6.30. The van der Waals surface area contributed by atoms with Crippen molar-refractivity contribution in [1.29, 1.82) is 0 Å². The maximum Gasteiger partial charge on any atom is 0.240 e. The lowest BCUT2D eigenvalue weighted by Gasteiger charge is -2.13. The Morgan fingerprint density at radius 2 is 2.05 bits per heavy atom. The molecule has 0 aliphatic heterocycles. The third-order valence-electron chi connectivity index (χ3n) is 2.85. The van der Waals surface area contributed by atoms with Gasteiger partial charge >= 0.3 is 0 Å². The topological polar surface area (TPSA) is 67.4 Å². The van der Waals surface area contributed by atoms with Crippen molar-refractivity contribution in [1.82, 2.24) is 10.0 Å². The van der Waals surface area contributed by atoms with E-state index in [-0.39, 0.29) is 6.54 Å². The lowest BCUT2D eigenvalue weighted by atomic mass is 10.1. The number of hydrogen-bond acceptors (Lipinski definition) is 4. The van der Waals surface area contributed by atoms with Crippen LogP contribution in [0.3, 0.4) is 0 Å². The van der Waals surface area contributed by atoms with Crippen molar-refractivity contribution < 1.29 is 13.2 Å². The number of nitrogens with one attached hydrogen (secondary N) is 2. The fourth-order valence-electron chi connectivity index (χ4n) is 1.76. The summed E-state index contributed by atoms with van der Waals surface area (Å²) in [5.74, 6) is 0. The van der Waals surface area contributed by atoms with Gasteiger partial charge in [0.05, 0.1) is 11.5 Å². The van der Waals surface area contributed by atoms with Gasteiger partial charge in [-0.25, -0.2) is 13.1 Å². The monoisotopic (exact) mass is 286 g/mol. The van der Waals surface area contributed by atoms with Gasteiger partial charge in [0, 0.05) is 20.2 Å². The Hall–Kier alpha value is -0.950. The Morgan fingerprint density at radius 1 is 1.32 bits per heavy atom. The normalized spacial score (nSPS) is 11.7. The molecule has 1 aromatic rings. The Bertz CT molecular complexity index is 501. The SMILES string of the molecule is CCNCc1cccc(S(=O)(=O)NCCOC)c1C. The summed E-state index contributed by atoms with van der Waals surface area (Å²) < 4.78 is 31.7. The second-order valence-electron chi connectivity index (χ2n) is 4.21. The van der Waals surface area contributed by atoms with Crippen LogP contribution in [0.1, 0.15) is 18.1 Å². The Labute approximate surface area is 115 Å². The molecule has 0 bridgehead atoms. The van der Waals surface area contributed by atoms with Crippen LogP contribution in [0.5, 0.6) is 0 Å². The van der Waals surface area contributed by atoms with Crippen LogP contribution in [0, 0.1) is 6.92 Å². The van der Waals surface area contributed by atoms with Crippen molar-refractivity contribution >= 4 is 10.0 Å². The summed E-state index contributed by atoms with van der Waals surface area (Å²) in [4.78, 5) is 0.332. The second-order valence-corrected chi connectivity index (χ2v) is 5.95. The molecule has 2 N–H and O–H groups in total. The van der Waals surface area contributed by atoms with Gasteiger partial charge in [0.2, 0.25) is 10.0 Å². The van der Waals surface area contributed by atoms with Crippen LogP contribution in [0.2, 0.25) is 0 Å². The molecule has 6 heteroatoms. The van der Waals surface area contributed by atoms with Crippen molar-refractivity contribution in [2.75, 3.05) is 26.8 Å². The van der Waals surface area contributed by atoms with Crippen molar-refractivity contribution in [2.24, 2.45) is 0 Å². The first kappa shape index (κ1) is 16.1. The molecule has 0 spiro atoms. The fraction of sp³-hybridized carbons (Fsp3) is 0.538. The number of benzene rings is 1. The number of hydrogen-bond donors (Lipinski definition) is 2. The summed E-state index contributed by atoms with van der Waals surface area (Å²) in [5, 5.41) is 3.20. The van der Waals surface area contributed by atoms with E-state index in [0.29, 0.717) is 18.0 Å². The standard InChI is InChI=1S/C13H22N2O3S/c1-4-14-10-12-6-5-7-13(11(12)2)19(16,17)15-8-9-18-3/h5-7,14-15H,4,8-10H2,1-3H3. The smallest absolute Gasteiger partial charge is 0.240 e. The van der Waals surface area contributed by atoms with E-state index < -0.39 is 10.0 Å². The van der Waals surface area contributed by atoms with Gasteiger partial charge in [0.1, 0.15) is 0 Å². The van der Waals surface area contributed by atoms with E-state index in [1.54, 1.807) is 12.1 Å². The molecule has 0 saturated heterocycles. The summed E-state index contributed by atoms with van der Waals surface area (Å²) in [6, 6.07) is 5.33. The summed E-state index contributed by atoms with van der Waals surface area (Å²) >= 11 is 0. The average molecular weight is 286 g/mol. The molecule has 1 aromatic carbocycles. The number of ether oxygens (including phenoxy) is 1. The van der Waals surface area contributed by atoms with Gasteiger partial charge in [0.25, 0.3) is 0 Å². The van der Waals surface area contributed by atoms with E-state index in [2.05, 4.69) is 10.0 Å². The molecule has 0 aliphatic rings. The highest BCUT2D eigenvalue weighted by atomic mass is 32.2. The number of sulfonamides is 1. The van der Waals surface area contributed by atoms with E-state index in [1.165, 1.54) is 7.11 Å². The van der Waals surface area contributed by atoms with Gasteiger partial charge in [-0.3, -0.25) is 0 Å². The van der Waals surface area contributed by atoms with Gasteiger partial charge in [-0.15, -0.1) is 0 Å². The molecule has 0 heterocycles. The van der Waals surface area contributed by atoms with Crippen molar-refractivity contribution in [2.45, 2.75) is 25.3 Å². The Kier molecular flexibility index (Phi) is 6.44. The van der Waals surface area contributed by atoms with E-state index >= 15 is 0 Å². The summed E-state index contributed by atoms with van der Waals surface area (Å²) in [5.41, 5.74) is 1.78. The van der Waals surface area contributed by atoms with Crippen LogP contribution >= 0.6 is 0 Å². The molecule has 0 radical (unpaired) electrons. The van der Waals surface area contributed by atoms with Gasteiger partial charge in [-0.1, -0.05) is 19.1 Å². The maximum atomic E-state index is 12.2. The zero-order valence-electron chi connectivity index (χ0n) is 11.7. The fourth-order valence-corrected chi connectivity index (χ4v) is 3.06. The first-order chi connectivity index (χ1) is 9.03. The van der Waals surface area contributed by atoms with E-state index in [4.69, 9.17) is 4.74 Å². The third-order valence-corrected chi connectivity index (χ3v) is 4.45. The van der Waals surface area contributed by atoms with Crippen LogP contribution in [-0.2, 0) is 21.3 Å². The molecule has 0 unspecified atom stereocenters. The van der Waals surface area contributed by atoms with Crippen LogP contribution in [0.25, 0.3) is 0 Å². The highest BCUT2D eigenvalue weighted by Gasteiger charge is 2.17. The summed E-state index contributed by atoms with van der Waals surface area (Å²) in [6.07, 6.45) is 0. The van der Waals surface area contributed by atoms with E-state index in [0.717, 1.165) is 17.7 Å². The summed E-state index contributed by atoms with van der Waals surface area (Å²) in [6.45, 7) is 6.00. The molecule has 0 fully saturated rings. The Balaban J connectivity index is 2.93. The third kappa shape index (κ3) is 4.58. The minimum atomic E-state index is -3.47. The predicted octanol–water partition coefficient (Wildman–Crippen LogP) is 1.03. The molecule has 1 rings (SSSR count). The lowest BCUT2D eigenvalue weighted by Crippen LogP contribution is -2.28. The van der Waals surface area contributed by atoms with Crippen molar-refractivity contribution in [3.05, 3.63) is 29.3 Å². The van der Waals surface area contributed by atoms with Crippen molar-refractivity contribution in [3.8, 4) is 0 Å². The van der Waals surface area contributed by atoms with Gasteiger partial charge in [0.15, 0.2) is 0 Å². The van der Waals surface area contributed by atoms with Gasteiger partial charge in [-0.2, -0.15) is 0 Å². The molecule has 0 aliphatic carbocycles. The molecular weight excluding hydrogens is 264 g/mol. The highest BCUT2D eigenvalue weighted by molar-refractivity contribution is 7.89. The molecule has 108 valence electrons. The highest BCUT2D eigenvalue weighted by Crippen LogP contribution is 2.18. The zero-order valence-corrected chi connectivity index (χ0v) is 12.5. The van der Waals surface area contributed by atoms with Crippen LogP contribution in [-0.4, -0.2) is 35.2 Å². The zero-order chi connectivity index (χ0) is 14.3. The molecule has 0 aromatic heterocycles. The number of methoxy groups -OCH3 is 1. The quantitative estimate of drug-likeness (QED) is 0.700. The van der Waals surface area contributed by atoms with Crippen LogP contribution < -0.4 is 10.0 Å². The molecule has 0 amide bonds. The molecule has 5 nitrogen and oxygen atoms in total. The van der Waals surface area contributed by atoms with E-state index in [9.17, 15) is 8.42 Å². The molecule has 0 atom stereocenters. The molecule has 0 saturated carbocycles. The predicted molar refractivity (Wildman–Crippen MR) is 75.6 cm³/mol. The first-order valence-corrected chi connectivity index (χ1v) is 7.79. The van der Waals surface area contributed by atoms with Crippen LogP contribution in [0.4, 0.5) is 0 Å². The van der Waals surface area contributed by atoms with Gasteiger partial charge in [-0.05, 0) is 30.7 Å². The van der Waals surface area contributed by atoms with E-state index in [1.807, 2.05) is 19.9 Å². The van der Waals surface area contributed by atoms with Crippen molar-refractivity contribution in [3.63, 3.8) is 0 Å². The molecule has 19 heavy (non-hydrogen) atoms. The largest absolute Gasteiger partial charge is 0.383 e. The average Bonchev–Trinajstić information content (AvgIpc) is 2.37. The maximum absolute atomic E-state index is 12.2. The minimum Gasteiger partial charge on any atom is -0.383 e. The molecular formula is C13H22N2O3S.